The van der Waals surface area contributed by atoms with E-state index in [1.807, 2.05) is 31.2 Å². The van der Waals surface area contributed by atoms with E-state index in [9.17, 15) is 9.59 Å². The normalized spacial score (nSPS) is 9.73. The number of aryl methyl sites for hydroxylation is 1. The van der Waals surface area contributed by atoms with Gasteiger partial charge in [0.2, 0.25) is 0 Å². The number of ketones is 1. The number of ether oxygens (including phenoxy) is 1. The van der Waals surface area contributed by atoms with Crippen LogP contribution in [0.15, 0.2) is 24.3 Å². The van der Waals surface area contributed by atoms with E-state index in [0.717, 1.165) is 11.1 Å². The Kier molecular flexibility index (Phi) is 4.03. The molecule has 3 heteroatoms. The molecule has 0 N–H and O–H groups in total. The second-order valence-corrected chi connectivity index (χ2v) is 3.47. The smallest absolute Gasteiger partial charge is 0.313 e. The lowest BCUT2D eigenvalue weighted by Gasteiger charge is -2.06. The monoisotopic (exact) mass is 206 g/mol. The lowest BCUT2D eigenvalue weighted by atomic mass is 10.1. The van der Waals surface area contributed by atoms with E-state index in [1.54, 1.807) is 0 Å². The third-order valence-electron chi connectivity index (χ3n) is 2.04. The van der Waals surface area contributed by atoms with Crippen LogP contribution in [-0.4, -0.2) is 11.8 Å². The number of benzene rings is 1. The summed E-state index contributed by atoms with van der Waals surface area (Å²) in [5.41, 5.74) is 2.04. The minimum absolute atomic E-state index is 0.147. The third kappa shape index (κ3) is 3.94. The van der Waals surface area contributed by atoms with Gasteiger partial charge in [-0.15, -0.1) is 0 Å². The lowest BCUT2D eigenvalue weighted by molar-refractivity contribution is -0.146. The van der Waals surface area contributed by atoms with Gasteiger partial charge < -0.3 is 4.74 Å². The van der Waals surface area contributed by atoms with Crippen LogP contribution in [0, 0.1) is 6.92 Å². The summed E-state index contributed by atoms with van der Waals surface area (Å²) < 4.78 is 4.96. The van der Waals surface area contributed by atoms with Gasteiger partial charge in [-0.25, -0.2) is 0 Å². The van der Waals surface area contributed by atoms with Crippen molar-refractivity contribution in [2.75, 3.05) is 0 Å². The van der Waals surface area contributed by atoms with E-state index in [1.165, 1.54) is 6.92 Å². The Bertz CT molecular complexity index is 369. The molecule has 0 aliphatic carbocycles. The fourth-order valence-corrected chi connectivity index (χ4v) is 1.18. The van der Waals surface area contributed by atoms with Gasteiger partial charge in [-0.3, -0.25) is 9.59 Å². The van der Waals surface area contributed by atoms with E-state index in [-0.39, 0.29) is 18.8 Å². The molecule has 1 aromatic carbocycles. The van der Waals surface area contributed by atoms with Gasteiger partial charge in [0, 0.05) is 0 Å². The first-order valence-corrected chi connectivity index (χ1v) is 4.79. The van der Waals surface area contributed by atoms with Crippen LogP contribution in [0.25, 0.3) is 0 Å². The van der Waals surface area contributed by atoms with Crippen LogP contribution < -0.4 is 0 Å². The van der Waals surface area contributed by atoms with Crippen LogP contribution in [-0.2, 0) is 20.9 Å². The Hall–Kier alpha value is -1.64. The number of hydrogen-bond acceptors (Lipinski definition) is 3. The topological polar surface area (TPSA) is 43.4 Å². The Morgan fingerprint density at radius 2 is 1.93 bits per heavy atom. The summed E-state index contributed by atoms with van der Waals surface area (Å²) in [4.78, 5) is 21.7. The molecule has 0 amide bonds. The lowest BCUT2D eigenvalue weighted by Crippen LogP contribution is -2.09. The van der Waals surface area contributed by atoms with Crippen molar-refractivity contribution in [2.24, 2.45) is 0 Å². The number of Topliss-reactive ketones (excluding diaryl/α,β-unsaturated/α-hetero) is 1. The van der Waals surface area contributed by atoms with Crippen LogP contribution in [0.5, 0.6) is 0 Å². The minimum atomic E-state index is -0.467. The third-order valence-corrected chi connectivity index (χ3v) is 2.04. The molecule has 1 aromatic rings. The van der Waals surface area contributed by atoms with Crippen molar-refractivity contribution in [3.63, 3.8) is 0 Å². The summed E-state index contributed by atoms with van der Waals surface area (Å²) in [5.74, 6) is -0.643. The molecule has 1 rings (SSSR count). The van der Waals surface area contributed by atoms with Crippen molar-refractivity contribution < 1.29 is 14.3 Å². The van der Waals surface area contributed by atoms with Crippen molar-refractivity contribution in [1.29, 1.82) is 0 Å². The zero-order valence-corrected chi connectivity index (χ0v) is 8.95. The molecule has 0 heterocycles. The van der Waals surface area contributed by atoms with Gasteiger partial charge in [0.05, 0.1) is 0 Å². The molecule has 0 saturated heterocycles. The highest BCUT2D eigenvalue weighted by Gasteiger charge is 2.07. The highest BCUT2D eigenvalue weighted by molar-refractivity contribution is 5.94. The van der Waals surface area contributed by atoms with Gasteiger partial charge in [-0.05, 0) is 25.0 Å². The highest BCUT2D eigenvalue weighted by atomic mass is 16.5. The van der Waals surface area contributed by atoms with Crippen LogP contribution in [0.3, 0.4) is 0 Å². The first-order valence-electron chi connectivity index (χ1n) is 4.79. The average Bonchev–Trinajstić information content (AvgIpc) is 2.15. The van der Waals surface area contributed by atoms with E-state index in [2.05, 4.69) is 0 Å². The molecule has 0 aromatic heterocycles. The summed E-state index contributed by atoms with van der Waals surface area (Å²) in [7, 11) is 0. The highest BCUT2D eigenvalue weighted by Crippen LogP contribution is 2.08. The molecule has 0 fully saturated rings. The SMILES string of the molecule is CC(=O)CC(=O)OCc1ccccc1C. The average molecular weight is 206 g/mol. The van der Waals surface area contributed by atoms with Gasteiger partial charge in [0.1, 0.15) is 18.8 Å². The van der Waals surface area contributed by atoms with E-state index in [4.69, 9.17) is 4.74 Å². The van der Waals surface area contributed by atoms with Crippen molar-refractivity contribution in [3.8, 4) is 0 Å². The Morgan fingerprint density at radius 3 is 2.53 bits per heavy atom. The van der Waals surface area contributed by atoms with Crippen LogP contribution >= 0.6 is 0 Å². The van der Waals surface area contributed by atoms with E-state index < -0.39 is 5.97 Å². The molecule has 0 bridgehead atoms. The maximum Gasteiger partial charge on any atom is 0.313 e. The summed E-state index contributed by atoms with van der Waals surface area (Å²) in [6.07, 6.45) is -0.147. The molecule has 0 radical (unpaired) electrons. The fraction of sp³-hybridized carbons (Fsp3) is 0.333. The molecular weight excluding hydrogens is 192 g/mol. The summed E-state index contributed by atoms with van der Waals surface area (Å²) in [6, 6.07) is 7.67. The first-order chi connectivity index (χ1) is 7.09. The van der Waals surface area contributed by atoms with Crippen molar-refractivity contribution in [1.82, 2.24) is 0 Å². The molecule has 80 valence electrons. The van der Waals surface area contributed by atoms with Crippen molar-refractivity contribution in [2.45, 2.75) is 26.9 Å². The van der Waals surface area contributed by atoms with E-state index >= 15 is 0 Å². The van der Waals surface area contributed by atoms with Crippen LogP contribution in [0.4, 0.5) is 0 Å². The number of hydrogen-bond donors (Lipinski definition) is 0. The predicted octanol–water partition coefficient (Wildman–Crippen LogP) is 2.02. The molecular formula is C12H14O3. The summed E-state index contributed by atoms with van der Waals surface area (Å²) >= 11 is 0. The maximum atomic E-state index is 11.1. The van der Waals surface area contributed by atoms with Gasteiger partial charge in [-0.1, -0.05) is 24.3 Å². The van der Waals surface area contributed by atoms with Gasteiger partial charge in [0.25, 0.3) is 0 Å². The number of carbonyl (C=O) groups excluding carboxylic acids is 2. The number of rotatable bonds is 4. The molecule has 0 aliphatic heterocycles. The molecule has 0 unspecified atom stereocenters. The maximum absolute atomic E-state index is 11.1. The second-order valence-electron chi connectivity index (χ2n) is 3.47. The van der Waals surface area contributed by atoms with Gasteiger partial charge in [-0.2, -0.15) is 0 Å². The van der Waals surface area contributed by atoms with Crippen LogP contribution in [0.1, 0.15) is 24.5 Å². The zero-order chi connectivity index (χ0) is 11.3. The minimum Gasteiger partial charge on any atom is -0.460 e. The zero-order valence-electron chi connectivity index (χ0n) is 8.95. The Morgan fingerprint density at radius 1 is 1.27 bits per heavy atom. The second kappa shape index (κ2) is 5.29. The Labute approximate surface area is 89.1 Å². The number of esters is 1. The molecule has 0 spiro atoms. The first kappa shape index (κ1) is 11.4. The largest absolute Gasteiger partial charge is 0.460 e. The molecule has 0 saturated carbocycles. The van der Waals surface area contributed by atoms with E-state index in [0.29, 0.717) is 0 Å². The van der Waals surface area contributed by atoms with Crippen molar-refractivity contribution in [3.05, 3.63) is 35.4 Å². The molecule has 0 aliphatic rings. The number of carbonyl (C=O) groups is 2. The fourth-order valence-electron chi connectivity index (χ4n) is 1.18. The molecule has 0 atom stereocenters. The Balaban J connectivity index is 2.47. The predicted molar refractivity (Wildman–Crippen MR) is 56.3 cm³/mol. The van der Waals surface area contributed by atoms with Gasteiger partial charge >= 0.3 is 5.97 Å². The standard InChI is InChI=1S/C12H14O3/c1-9-5-3-4-6-11(9)8-15-12(14)7-10(2)13/h3-6H,7-8H2,1-2H3. The summed E-state index contributed by atoms with van der Waals surface area (Å²) in [6.45, 7) is 3.56. The van der Waals surface area contributed by atoms with Crippen LogP contribution in [0.2, 0.25) is 0 Å². The molecule has 3 nitrogen and oxygen atoms in total. The summed E-state index contributed by atoms with van der Waals surface area (Å²) in [5, 5.41) is 0. The van der Waals surface area contributed by atoms with Gasteiger partial charge in [0.15, 0.2) is 0 Å². The molecule has 15 heavy (non-hydrogen) atoms. The van der Waals surface area contributed by atoms with Crippen molar-refractivity contribution >= 4 is 11.8 Å². The quantitative estimate of drug-likeness (QED) is 0.559.